The Morgan fingerprint density at radius 3 is 2.79 bits per heavy atom. The number of nitro benzene ring substituents is 1. The highest BCUT2D eigenvalue weighted by Crippen LogP contribution is 2.29. The van der Waals surface area contributed by atoms with Crippen LogP contribution in [0, 0.1) is 10.1 Å². The Hall–Kier alpha value is -2.98. The number of imidazole rings is 1. The van der Waals surface area contributed by atoms with Gasteiger partial charge in [-0.1, -0.05) is 17.8 Å². The number of hydrogen-bond donors (Lipinski definition) is 0. The number of aromatic nitrogens is 3. The first-order valence-electron chi connectivity index (χ1n) is 8.21. The summed E-state index contributed by atoms with van der Waals surface area (Å²) in [4.78, 5) is 33.4. The molecular formula is C18H17N5O3S2. The Morgan fingerprint density at radius 1 is 1.43 bits per heavy atom. The number of non-ortho nitro benzene ring substituents is 1. The second kappa shape index (κ2) is 8.81. The van der Waals surface area contributed by atoms with Crippen LogP contribution >= 0.6 is 23.1 Å². The molecule has 0 spiro atoms. The van der Waals surface area contributed by atoms with E-state index in [-0.39, 0.29) is 17.3 Å². The van der Waals surface area contributed by atoms with Gasteiger partial charge < -0.3 is 4.57 Å². The van der Waals surface area contributed by atoms with Crippen LogP contribution < -0.4 is 4.90 Å². The topological polar surface area (TPSA) is 94.2 Å². The van der Waals surface area contributed by atoms with Crippen LogP contribution in [-0.2, 0) is 11.8 Å². The molecule has 2 heterocycles. The number of thioether (sulfide) groups is 1. The molecular weight excluding hydrogens is 398 g/mol. The van der Waals surface area contributed by atoms with E-state index in [1.165, 1.54) is 35.2 Å². The largest absolute Gasteiger partial charge is 0.329 e. The van der Waals surface area contributed by atoms with Crippen LogP contribution in [-0.4, -0.2) is 37.7 Å². The molecule has 0 aliphatic heterocycles. The molecule has 0 fully saturated rings. The quantitative estimate of drug-likeness (QED) is 0.241. The average Bonchev–Trinajstić information content (AvgIpc) is 3.33. The van der Waals surface area contributed by atoms with Gasteiger partial charge in [0.15, 0.2) is 10.3 Å². The van der Waals surface area contributed by atoms with E-state index in [1.807, 2.05) is 23.2 Å². The minimum atomic E-state index is -0.444. The van der Waals surface area contributed by atoms with Crippen molar-refractivity contribution in [3.05, 3.63) is 64.8 Å². The zero-order valence-corrected chi connectivity index (χ0v) is 16.7. The lowest BCUT2D eigenvalue weighted by molar-refractivity contribution is -0.384. The fourth-order valence-corrected chi connectivity index (χ4v) is 4.05. The average molecular weight is 416 g/mol. The van der Waals surface area contributed by atoms with Gasteiger partial charge >= 0.3 is 0 Å². The van der Waals surface area contributed by atoms with E-state index in [9.17, 15) is 14.9 Å². The normalized spacial score (nSPS) is 10.6. The van der Waals surface area contributed by atoms with E-state index >= 15 is 0 Å². The summed E-state index contributed by atoms with van der Waals surface area (Å²) in [5, 5.41) is 13.9. The Morgan fingerprint density at radius 2 is 2.18 bits per heavy atom. The molecule has 28 heavy (non-hydrogen) atoms. The van der Waals surface area contributed by atoms with Gasteiger partial charge in [-0.05, 0) is 12.1 Å². The van der Waals surface area contributed by atoms with Crippen LogP contribution in [0.15, 0.2) is 59.9 Å². The molecule has 0 saturated heterocycles. The van der Waals surface area contributed by atoms with Crippen molar-refractivity contribution in [1.82, 2.24) is 14.5 Å². The summed E-state index contributed by atoms with van der Waals surface area (Å²) in [5.41, 5.74) is 1.43. The number of aryl methyl sites for hydroxylation is 1. The van der Waals surface area contributed by atoms with E-state index in [1.54, 1.807) is 29.3 Å². The highest BCUT2D eigenvalue weighted by molar-refractivity contribution is 7.99. The van der Waals surface area contributed by atoms with Crippen LogP contribution in [0.2, 0.25) is 0 Å². The fourth-order valence-electron chi connectivity index (χ4n) is 2.39. The Kier molecular flexibility index (Phi) is 6.22. The van der Waals surface area contributed by atoms with Gasteiger partial charge in [-0.2, -0.15) is 0 Å². The maximum absolute atomic E-state index is 12.7. The van der Waals surface area contributed by atoms with Gasteiger partial charge in [0.05, 0.1) is 16.4 Å². The van der Waals surface area contributed by atoms with Crippen LogP contribution in [0.3, 0.4) is 0 Å². The predicted octanol–water partition coefficient (Wildman–Crippen LogP) is 3.76. The molecule has 0 unspecified atom stereocenters. The minimum absolute atomic E-state index is 0.0222. The highest BCUT2D eigenvalue weighted by atomic mass is 32.2. The van der Waals surface area contributed by atoms with Gasteiger partial charge in [0.1, 0.15) is 0 Å². The second-order valence-corrected chi connectivity index (χ2v) is 7.50. The van der Waals surface area contributed by atoms with Crippen molar-refractivity contribution in [2.45, 2.75) is 5.16 Å². The van der Waals surface area contributed by atoms with Gasteiger partial charge in [-0.25, -0.2) is 9.97 Å². The van der Waals surface area contributed by atoms with Crippen molar-refractivity contribution in [3.63, 3.8) is 0 Å². The van der Waals surface area contributed by atoms with E-state index in [2.05, 4.69) is 16.5 Å². The predicted molar refractivity (Wildman–Crippen MR) is 111 cm³/mol. The third-order valence-electron chi connectivity index (χ3n) is 3.81. The number of amides is 1. The van der Waals surface area contributed by atoms with Crippen LogP contribution in [0.25, 0.3) is 11.3 Å². The molecule has 0 saturated carbocycles. The lowest BCUT2D eigenvalue weighted by Gasteiger charge is -2.17. The summed E-state index contributed by atoms with van der Waals surface area (Å²) in [6.07, 6.45) is 5.16. The number of carbonyl (C=O) groups is 1. The summed E-state index contributed by atoms with van der Waals surface area (Å²) >= 11 is 2.70. The van der Waals surface area contributed by atoms with Crippen molar-refractivity contribution < 1.29 is 9.72 Å². The summed E-state index contributed by atoms with van der Waals surface area (Å²) in [6, 6.07) is 6.16. The molecule has 10 heteroatoms. The number of thiazole rings is 1. The Bertz CT molecular complexity index is 997. The van der Waals surface area contributed by atoms with Crippen molar-refractivity contribution in [2.75, 3.05) is 17.2 Å². The molecule has 0 aliphatic carbocycles. The van der Waals surface area contributed by atoms with Crippen molar-refractivity contribution in [1.29, 1.82) is 0 Å². The SMILES string of the molecule is C=CCN(C(=O)CSc1nccn1C)c1nc(-c2ccc([N+](=O)[O-])cc2)cs1. The Balaban J connectivity index is 1.75. The van der Waals surface area contributed by atoms with E-state index in [0.29, 0.717) is 17.4 Å². The first-order chi connectivity index (χ1) is 13.5. The smallest absolute Gasteiger partial charge is 0.269 e. The molecule has 8 nitrogen and oxygen atoms in total. The molecule has 1 aromatic carbocycles. The molecule has 0 aliphatic rings. The number of benzene rings is 1. The van der Waals surface area contributed by atoms with Crippen LogP contribution in [0.4, 0.5) is 10.8 Å². The molecule has 2 aromatic heterocycles. The van der Waals surface area contributed by atoms with Crippen molar-refractivity contribution >= 4 is 39.8 Å². The minimum Gasteiger partial charge on any atom is -0.329 e. The van der Waals surface area contributed by atoms with Gasteiger partial charge in [0.25, 0.3) is 5.69 Å². The number of anilines is 1. The Labute approximate surface area is 169 Å². The standard InChI is InChI=1S/C18H17N5O3S2/c1-3-9-22(16(24)12-28-17-19-8-10-21(17)2)18-20-15(11-27-18)13-4-6-14(7-5-13)23(25)26/h3-8,10-11H,1,9,12H2,2H3. The van der Waals surface area contributed by atoms with Gasteiger partial charge in [-0.15, -0.1) is 17.9 Å². The maximum atomic E-state index is 12.7. The summed E-state index contributed by atoms with van der Waals surface area (Å²) in [5.74, 6) is 0.128. The lowest BCUT2D eigenvalue weighted by atomic mass is 10.1. The summed E-state index contributed by atoms with van der Waals surface area (Å²) in [7, 11) is 1.87. The van der Waals surface area contributed by atoms with E-state index in [4.69, 9.17) is 0 Å². The van der Waals surface area contributed by atoms with Crippen molar-refractivity contribution in [2.24, 2.45) is 7.05 Å². The van der Waals surface area contributed by atoms with E-state index in [0.717, 1.165) is 10.7 Å². The third-order valence-corrected chi connectivity index (χ3v) is 5.72. The molecule has 3 aromatic rings. The maximum Gasteiger partial charge on any atom is 0.269 e. The zero-order chi connectivity index (χ0) is 20.1. The van der Waals surface area contributed by atoms with Gasteiger partial charge in [-0.3, -0.25) is 19.8 Å². The van der Waals surface area contributed by atoms with Gasteiger partial charge in [0.2, 0.25) is 5.91 Å². The first-order valence-corrected chi connectivity index (χ1v) is 10.1. The first kappa shape index (κ1) is 19.8. The summed E-state index contributed by atoms with van der Waals surface area (Å²) in [6.45, 7) is 4.06. The molecule has 0 atom stereocenters. The number of nitro groups is 1. The molecule has 144 valence electrons. The molecule has 0 N–H and O–H groups in total. The molecule has 0 radical (unpaired) electrons. The number of rotatable bonds is 8. The van der Waals surface area contributed by atoms with Crippen LogP contribution in [0.1, 0.15) is 0 Å². The van der Waals surface area contributed by atoms with Gasteiger partial charge in [0, 0.05) is 49.1 Å². The number of hydrogen-bond acceptors (Lipinski definition) is 7. The van der Waals surface area contributed by atoms with Crippen molar-refractivity contribution in [3.8, 4) is 11.3 Å². The molecule has 3 rings (SSSR count). The molecule has 1 amide bonds. The van der Waals surface area contributed by atoms with Crippen LogP contribution in [0.5, 0.6) is 0 Å². The zero-order valence-electron chi connectivity index (χ0n) is 15.0. The monoisotopic (exact) mass is 415 g/mol. The third kappa shape index (κ3) is 4.46. The lowest BCUT2D eigenvalue weighted by Crippen LogP contribution is -2.32. The number of carbonyl (C=O) groups excluding carboxylic acids is 1. The number of nitrogens with zero attached hydrogens (tertiary/aromatic N) is 5. The second-order valence-electron chi connectivity index (χ2n) is 5.72. The van der Waals surface area contributed by atoms with E-state index < -0.39 is 4.92 Å². The fraction of sp³-hybridized carbons (Fsp3) is 0.167. The molecule has 0 bridgehead atoms. The summed E-state index contributed by atoms with van der Waals surface area (Å²) < 4.78 is 1.85. The highest BCUT2D eigenvalue weighted by Gasteiger charge is 2.19.